The van der Waals surface area contributed by atoms with E-state index in [0.29, 0.717) is 0 Å². The van der Waals surface area contributed by atoms with Gasteiger partial charge in [0.2, 0.25) is 0 Å². The largest absolute Gasteiger partial charge is 0.507 e. The molecule has 15 heavy (non-hydrogen) atoms. The number of benzene rings is 1. The second-order valence-corrected chi connectivity index (χ2v) is 3.13. The van der Waals surface area contributed by atoms with Crippen molar-refractivity contribution in [3.63, 3.8) is 0 Å². The van der Waals surface area contributed by atoms with Crippen molar-refractivity contribution in [3.8, 4) is 5.75 Å². The van der Waals surface area contributed by atoms with Gasteiger partial charge in [0, 0.05) is 11.1 Å². The molecule has 84 valence electrons. The molecule has 0 unspecified atom stereocenters. The van der Waals surface area contributed by atoms with Crippen molar-refractivity contribution < 1.29 is 22.7 Å². The van der Waals surface area contributed by atoms with Gasteiger partial charge in [-0.1, -0.05) is 6.07 Å². The molecule has 0 aliphatic rings. The van der Waals surface area contributed by atoms with Gasteiger partial charge in [0.15, 0.2) is 0 Å². The van der Waals surface area contributed by atoms with E-state index in [9.17, 15) is 22.7 Å². The number of phenols is 1. The number of hydrogen-bond acceptors (Lipinski definition) is 2. The summed E-state index contributed by atoms with van der Waals surface area (Å²) in [6, 6.07) is -0.636. The fraction of sp³-hybridized carbons (Fsp3) is 0.333. The number of halogens is 4. The number of hydrogen-bond donors (Lipinski definition) is 2. The van der Waals surface area contributed by atoms with Gasteiger partial charge in [-0.2, -0.15) is 13.2 Å². The van der Waals surface area contributed by atoms with Crippen molar-refractivity contribution in [1.29, 1.82) is 0 Å². The molecule has 2 nitrogen and oxygen atoms in total. The molecular formula is C9H9F4NO. The molecule has 0 amide bonds. The zero-order chi connectivity index (χ0) is 11.8. The molecule has 1 rings (SSSR count). The Morgan fingerprint density at radius 1 is 1.33 bits per heavy atom. The van der Waals surface area contributed by atoms with Gasteiger partial charge in [-0.25, -0.2) is 4.39 Å². The standard InChI is InChI=1S/C9H9F4NO/c1-4-6(10)3-2-5(7(4)15)8(14)9(11,12)13/h2-3,8,15H,14H2,1H3/t8-/m1/s1. The van der Waals surface area contributed by atoms with E-state index in [1.807, 2.05) is 0 Å². The summed E-state index contributed by atoms with van der Waals surface area (Å²) in [6.45, 7) is 1.18. The lowest BCUT2D eigenvalue weighted by Crippen LogP contribution is -2.28. The van der Waals surface area contributed by atoms with Gasteiger partial charge in [-0.3, -0.25) is 0 Å². The van der Waals surface area contributed by atoms with Crippen molar-refractivity contribution in [1.82, 2.24) is 0 Å². The molecule has 3 N–H and O–H groups in total. The van der Waals surface area contributed by atoms with Crippen LogP contribution < -0.4 is 5.73 Å². The molecule has 0 heterocycles. The van der Waals surface area contributed by atoms with E-state index in [-0.39, 0.29) is 5.56 Å². The van der Waals surface area contributed by atoms with Crippen LogP contribution in [-0.2, 0) is 0 Å². The summed E-state index contributed by atoms with van der Waals surface area (Å²) in [4.78, 5) is 0. The number of alkyl halides is 3. The van der Waals surface area contributed by atoms with Crippen LogP contribution in [-0.4, -0.2) is 11.3 Å². The van der Waals surface area contributed by atoms with Gasteiger partial charge < -0.3 is 10.8 Å². The first-order valence-corrected chi connectivity index (χ1v) is 4.05. The Morgan fingerprint density at radius 3 is 2.33 bits per heavy atom. The molecule has 6 heteroatoms. The summed E-state index contributed by atoms with van der Waals surface area (Å²) in [5, 5.41) is 9.29. The Labute approximate surface area is 83.3 Å². The highest BCUT2D eigenvalue weighted by atomic mass is 19.4. The first kappa shape index (κ1) is 11.8. The minimum absolute atomic E-state index is 0.243. The van der Waals surface area contributed by atoms with Gasteiger partial charge in [-0.05, 0) is 13.0 Å². The zero-order valence-electron chi connectivity index (χ0n) is 7.77. The third-order valence-corrected chi connectivity index (χ3v) is 2.08. The van der Waals surface area contributed by atoms with Crippen LogP contribution in [0, 0.1) is 12.7 Å². The summed E-state index contributed by atoms with van der Waals surface area (Å²) >= 11 is 0. The smallest absolute Gasteiger partial charge is 0.407 e. The highest BCUT2D eigenvalue weighted by Crippen LogP contribution is 2.36. The van der Waals surface area contributed by atoms with Gasteiger partial charge in [-0.15, -0.1) is 0 Å². The number of phenolic OH excluding ortho intramolecular Hbond substituents is 1. The van der Waals surface area contributed by atoms with Crippen LogP contribution in [0.15, 0.2) is 12.1 Å². The van der Waals surface area contributed by atoms with Crippen LogP contribution in [0.5, 0.6) is 5.75 Å². The molecule has 0 saturated carbocycles. The van der Waals surface area contributed by atoms with Crippen molar-refractivity contribution in [3.05, 3.63) is 29.1 Å². The number of nitrogens with two attached hydrogens (primary N) is 1. The van der Waals surface area contributed by atoms with Crippen molar-refractivity contribution in [2.45, 2.75) is 19.1 Å². The van der Waals surface area contributed by atoms with E-state index in [1.54, 1.807) is 0 Å². The Kier molecular flexibility index (Phi) is 2.90. The summed E-state index contributed by atoms with van der Waals surface area (Å²) in [5.74, 6) is -1.52. The van der Waals surface area contributed by atoms with Gasteiger partial charge in [0.1, 0.15) is 17.6 Å². The van der Waals surface area contributed by atoms with Crippen LogP contribution in [0.4, 0.5) is 17.6 Å². The molecule has 0 aromatic heterocycles. The Hall–Kier alpha value is -1.30. The normalized spacial score (nSPS) is 14.0. The van der Waals surface area contributed by atoms with Gasteiger partial charge in [0.05, 0.1) is 0 Å². The summed E-state index contributed by atoms with van der Waals surface area (Å²) in [6.07, 6.45) is -4.66. The highest BCUT2D eigenvalue weighted by Gasteiger charge is 2.39. The Bertz CT molecular complexity index is 375. The number of aromatic hydroxyl groups is 1. The van der Waals surface area contributed by atoms with E-state index in [0.717, 1.165) is 12.1 Å². The fourth-order valence-corrected chi connectivity index (χ4v) is 1.12. The van der Waals surface area contributed by atoms with E-state index in [1.165, 1.54) is 6.92 Å². The lowest BCUT2D eigenvalue weighted by molar-refractivity contribution is -0.149. The van der Waals surface area contributed by atoms with E-state index < -0.39 is 29.3 Å². The third-order valence-electron chi connectivity index (χ3n) is 2.08. The van der Waals surface area contributed by atoms with E-state index in [4.69, 9.17) is 5.73 Å². The topological polar surface area (TPSA) is 46.2 Å². The van der Waals surface area contributed by atoms with Gasteiger partial charge >= 0.3 is 6.18 Å². The molecule has 0 saturated heterocycles. The van der Waals surface area contributed by atoms with Crippen LogP contribution in [0.1, 0.15) is 17.2 Å². The van der Waals surface area contributed by atoms with Crippen LogP contribution in [0.25, 0.3) is 0 Å². The van der Waals surface area contributed by atoms with Crippen molar-refractivity contribution >= 4 is 0 Å². The fourth-order valence-electron chi connectivity index (χ4n) is 1.12. The van der Waals surface area contributed by atoms with Crippen molar-refractivity contribution in [2.24, 2.45) is 5.73 Å². The average Bonchev–Trinajstić information content (AvgIpc) is 2.12. The maximum absolute atomic E-state index is 12.8. The van der Waals surface area contributed by atoms with Crippen molar-refractivity contribution in [2.75, 3.05) is 0 Å². The molecule has 1 atom stereocenters. The lowest BCUT2D eigenvalue weighted by atomic mass is 10.0. The first-order chi connectivity index (χ1) is 6.75. The predicted octanol–water partition coefficient (Wildman–Crippen LogP) is 2.40. The molecule has 1 aromatic carbocycles. The lowest BCUT2D eigenvalue weighted by Gasteiger charge is -2.18. The third kappa shape index (κ3) is 2.20. The second-order valence-electron chi connectivity index (χ2n) is 3.13. The quantitative estimate of drug-likeness (QED) is 0.718. The van der Waals surface area contributed by atoms with Gasteiger partial charge in [0.25, 0.3) is 0 Å². The monoisotopic (exact) mass is 223 g/mol. The molecule has 1 aromatic rings. The summed E-state index contributed by atoms with van der Waals surface area (Å²) in [7, 11) is 0. The molecular weight excluding hydrogens is 214 g/mol. The molecule has 0 radical (unpaired) electrons. The maximum atomic E-state index is 12.8. The summed E-state index contributed by atoms with van der Waals surface area (Å²) in [5.41, 5.74) is 4.11. The minimum atomic E-state index is -4.66. The molecule has 0 fully saturated rings. The maximum Gasteiger partial charge on any atom is 0.407 e. The number of rotatable bonds is 1. The molecule has 0 bridgehead atoms. The molecule has 0 spiro atoms. The minimum Gasteiger partial charge on any atom is -0.507 e. The zero-order valence-corrected chi connectivity index (χ0v) is 7.77. The second kappa shape index (κ2) is 3.69. The van der Waals surface area contributed by atoms with Crippen LogP contribution in [0.2, 0.25) is 0 Å². The predicted molar refractivity (Wildman–Crippen MR) is 45.8 cm³/mol. The molecule has 0 aliphatic carbocycles. The Morgan fingerprint density at radius 2 is 1.87 bits per heavy atom. The first-order valence-electron chi connectivity index (χ1n) is 4.05. The highest BCUT2D eigenvalue weighted by molar-refractivity contribution is 5.42. The summed E-state index contributed by atoms with van der Waals surface area (Å²) < 4.78 is 49.5. The molecule has 0 aliphatic heterocycles. The Balaban J connectivity index is 3.23. The van der Waals surface area contributed by atoms with E-state index in [2.05, 4.69) is 0 Å². The van der Waals surface area contributed by atoms with Crippen LogP contribution in [0.3, 0.4) is 0 Å². The SMILES string of the molecule is Cc1c(F)ccc([C@@H](N)C(F)(F)F)c1O. The van der Waals surface area contributed by atoms with Crippen LogP contribution >= 0.6 is 0 Å². The van der Waals surface area contributed by atoms with E-state index >= 15 is 0 Å². The average molecular weight is 223 g/mol.